The number of rotatable bonds is 0. The fraction of sp³-hybridized carbons (Fsp3) is 0.500. The zero-order chi connectivity index (χ0) is 6.85. The molecule has 0 aromatic rings. The van der Waals surface area contributed by atoms with Gasteiger partial charge in [0.2, 0.25) is 5.11 Å². The van der Waals surface area contributed by atoms with Gasteiger partial charge in [0.05, 0.1) is 0 Å². The van der Waals surface area contributed by atoms with Gasteiger partial charge in [-0.15, -0.1) is 0 Å². The van der Waals surface area contributed by atoms with Gasteiger partial charge in [0.1, 0.15) is 0 Å². The molecule has 49 valence electrons. The molecule has 0 unspecified atom stereocenters. The van der Waals surface area contributed by atoms with Crippen molar-refractivity contribution in [3.63, 3.8) is 0 Å². The predicted octanol–water partition coefficient (Wildman–Crippen LogP) is -0.389. The lowest BCUT2D eigenvalue weighted by molar-refractivity contribution is 0.353. The van der Waals surface area contributed by atoms with Crippen LogP contribution in [-0.4, -0.2) is 35.6 Å². The highest BCUT2D eigenvalue weighted by Gasteiger charge is 2.11. The van der Waals surface area contributed by atoms with Crippen LogP contribution in [0.1, 0.15) is 0 Å². The highest BCUT2D eigenvalue weighted by molar-refractivity contribution is 7.80. The Morgan fingerprint density at radius 1 is 1.44 bits per heavy atom. The Balaban J connectivity index is 2.69. The largest absolute Gasteiger partial charge is 0.240 e. The summed E-state index contributed by atoms with van der Waals surface area (Å²) in [6, 6.07) is 0. The minimum Gasteiger partial charge on any atom is -0.240 e. The van der Waals surface area contributed by atoms with E-state index in [1.165, 1.54) is 6.34 Å². The average Bonchev–Trinajstić information content (AvgIpc) is 1.83. The molecule has 0 aromatic carbocycles. The molecule has 0 amide bonds. The number of hydrogen-bond acceptors (Lipinski definition) is 2. The second-order valence-electron chi connectivity index (χ2n) is 1.68. The van der Waals surface area contributed by atoms with E-state index in [-0.39, 0.29) is 0 Å². The highest BCUT2D eigenvalue weighted by Crippen LogP contribution is 1.95. The molecule has 0 saturated carbocycles. The van der Waals surface area contributed by atoms with Crippen molar-refractivity contribution in [2.75, 3.05) is 14.1 Å². The van der Waals surface area contributed by atoms with E-state index in [0.717, 1.165) is 0 Å². The third kappa shape index (κ3) is 1.10. The zero-order valence-electron chi connectivity index (χ0n) is 5.27. The van der Waals surface area contributed by atoms with Gasteiger partial charge in [0.15, 0.2) is 6.34 Å². The van der Waals surface area contributed by atoms with Crippen LogP contribution in [0.4, 0.5) is 0 Å². The Bertz CT molecular complexity index is 155. The van der Waals surface area contributed by atoms with Crippen LogP contribution in [0.2, 0.25) is 0 Å². The van der Waals surface area contributed by atoms with E-state index in [1.54, 1.807) is 24.1 Å². The van der Waals surface area contributed by atoms with Crippen LogP contribution in [0.15, 0.2) is 5.10 Å². The summed E-state index contributed by atoms with van der Waals surface area (Å²) in [5.41, 5.74) is 3.82. The lowest BCUT2D eigenvalue weighted by Gasteiger charge is -2.25. The second-order valence-corrected chi connectivity index (χ2v) is 2.04. The smallest absolute Gasteiger partial charge is 0.212 e. The summed E-state index contributed by atoms with van der Waals surface area (Å²) in [5, 5.41) is 7.60. The molecule has 0 fully saturated rings. The van der Waals surface area contributed by atoms with Gasteiger partial charge in [-0.2, -0.15) is 10.5 Å². The van der Waals surface area contributed by atoms with Crippen LogP contribution < -0.4 is 5.43 Å². The predicted molar refractivity (Wildman–Crippen MR) is 38.8 cm³/mol. The Morgan fingerprint density at radius 3 is 2.56 bits per heavy atom. The van der Waals surface area contributed by atoms with Gasteiger partial charge in [-0.1, -0.05) is 0 Å². The van der Waals surface area contributed by atoms with E-state index in [9.17, 15) is 0 Å². The summed E-state index contributed by atoms with van der Waals surface area (Å²) in [6.07, 6.45) is 1.45. The number of nitrogens with zero attached hydrogens (tertiary/aromatic N) is 4. The van der Waals surface area contributed by atoms with Crippen molar-refractivity contribution in [2.24, 2.45) is 5.10 Å². The third-order valence-electron chi connectivity index (χ3n) is 1.00. The van der Waals surface area contributed by atoms with Crippen molar-refractivity contribution >= 4 is 23.7 Å². The highest BCUT2D eigenvalue weighted by atomic mass is 32.1. The van der Waals surface area contributed by atoms with Crippen molar-refractivity contribution in [3.8, 4) is 0 Å². The molecule has 9 heavy (non-hydrogen) atoms. The first kappa shape index (κ1) is 6.28. The Hall–Kier alpha value is -0.840. The lowest BCUT2D eigenvalue weighted by Crippen LogP contribution is -2.44. The summed E-state index contributed by atoms with van der Waals surface area (Å²) < 4.78 is 0. The van der Waals surface area contributed by atoms with E-state index < -0.39 is 0 Å². The Morgan fingerprint density at radius 2 is 2.11 bits per heavy atom. The van der Waals surface area contributed by atoms with Gasteiger partial charge in [-0.05, 0) is 12.2 Å². The quantitative estimate of drug-likeness (QED) is 0.433. The lowest BCUT2D eigenvalue weighted by atomic mass is 10.9. The molecule has 1 aliphatic rings. The van der Waals surface area contributed by atoms with Crippen molar-refractivity contribution in [3.05, 3.63) is 0 Å². The standard InChI is InChI=1S/C4H7N4S/c1-7-4(9)8(2)6-3-5-7/h3H,1-2H3. The molecule has 4 nitrogen and oxygen atoms in total. The minimum atomic E-state index is 0.609. The molecule has 0 aliphatic carbocycles. The van der Waals surface area contributed by atoms with Crippen LogP contribution in [0.5, 0.6) is 0 Å². The molecule has 1 heterocycles. The van der Waals surface area contributed by atoms with E-state index >= 15 is 0 Å². The molecule has 0 N–H and O–H groups in total. The zero-order valence-corrected chi connectivity index (χ0v) is 6.09. The molecular weight excluding hydrogens is 136 g/mol. The SMILES string of the molecule is CN1[N]C=NN(C)C1=S. The van der Waals surface area contributed by atoms with Gasteiger partial charge >= 0.3 is 0 Å². The van der Waals surface area contributed by atoms with Crippen LogP contribution >= 0.6 is 12.2 Å². The van der Waals surface area contributed by atoms with Crippen molar-refractivity contribution in [1.29, 1.82) is 0 Å². The molecular formula is C4H7N4S. The van der Waals surface area contributed by atoms with E-state index in [2.05, 4.69) is 10.5 Å². The molecule has 0 aromatic heterocycles. The van der Waals surface area contributed by atoms with Crippen molar-refractivity contribution in [1.82, 2.24) is 15.4 Å². The number of hydrazone groups is 1. The molecule has 0 bridgehead atoms. The molecule has 5 heteroatoms. The van der Waals surface area contributed by atoms with E-state index in [4.69, 9.17) is 12.2 Å². The molecule has 0 atom stereocenters. The third-order valence-corrected chi connectivity index (χ3v) is 1.53. The maximum atomic E-state index is 4.90. The summed E-state index contributed by atoms with van der Waals surface area (Å²) in [6.45, 7) is 0. The first-order valence-corrected chi connectivity index (χ1v) is 2.87. The van der Waals surface area contributed by atoms with Gasteiger partial charge in [0, 0.05) is 14.1 Å². The molecule has 1 radical (unpaired) electrons. The first-order chi connectivity index (χ1) is 4.22. The Labute approximate surface area is 59.1 Å². The van der Waals surface area contributed by atoms with Crippen molar-refractivity contribution < 1.29 is 0 Å². The summed E-state index contributed by atoms with van der Waals surface area (Å²) in [4.78, 5) is 0. The molecule has 1 aliphatic heterocycles. The van der Waals surface area contributed by atoms with Crippen molar-refractivity contribution in [2.45, 2.75) is 0 Å². The van der Waals surface area contributed by atoms with Gasteiger partial charge in [-0.3, -0.25) is 0 Å². The Kier molecular flexibility index (Phi) is 1.52. The molecule has 0 spiro atoms. The first-order valence-electron chi connectivity index (χ1n) is 2.46. The number of thiocarbonyl (C=S) groups is 1. The molecule has 0 saturated heterocycles. The summed E-state index contributed by atoms with van der Waals surface area (Å²) >= 11 is 4.90. The normalized spacial score (nSPS) is 18.2. The van der Waals surface area contributed by atoms with Crippen LogP contribution in [-0.2, 0) is 0 Å². The van der Waals surface area contributed by atoms with Gasteiger partial charge in [-0.25, -0.2) is 10.0 Å². The van der Waals surface area contributed by atoms with Crippen LogP contribution in [0, 0.1) is 0 Å². The van der Waals surface area contributed by atoms with E-state index in [0.29, 0.717) is 5.11 Å². The van der Waals surface area contributed by atoms with Gasteiger partial charge < -0.3 is 0 Å². The number of hydrogen-bond donors (Lipinski definition) is 0. The summed E-state index contributed by atoms with van der Waals surface area (Å²) in [7, 11) is 3.56. The van der Waals surface area contributed by atoms with E-state index in [1.807, 2.05) is 0 Å². The fourth-order valence-corrected chi connectivity index (χ4v) is 0.581. The van der Waals surface area contributed by atoms with Crippen LogP contribution in [0.3, 0.4) is 0 Å². The minimum absolute atomic E-state index is 0.609. The maximum Gasteiger partial charge on any atom is 0.212 e. The topological polar surface area (TPSA) is 32.9 Å². The van der Waals surface area contributed by atoms with Gasteiger partial charge in [0.25, 0.3) is 0 Å². The van der Waals surface area contributed by atoms with Crippen LogP contribution in [0.25, 0.3) is 0 Å². The second kappa shape index (κ2) is 2.18. The monoisotopic (exact) mass is 143 g/mol. The molecule has 1 rings (SSSR count). The maximum absolute atomic E-state index is 4.90. The average molecular weight is 143 g/mol. The fourth-order valence-electron chi connectivity index (χ4n) is 0.486. The summed E-state index contributed by atoms with van der Waals surface area (Å²) in [5.74, 6) is 0.